The predicted octanol–water partition coefficient (Wildman–Crippen LogP) is 3.61. The van der Waals surface area contributed by atoms with Gasteiger partial charge in [0.25, 0.3) is 11.8 Å². The third-order valence-electron chi connectivity index (χ3n) is 4.13. The lowest BCUT2D eigenvalue weighted by Gasteiger charge is -2.07. The second-order valence-electron chi connectivity index (χ2n) is 6.05. The zero-order chi connectivity index (χ0) is 19.8. The monoisotopic (exact) mass is 375 g/mol. The Hall–Kier alpha value is -3.67. The Bertz CT molecular complexity index is 946. The summed E-state index contributed by atoms with van der Waals surface area (Å²) >= 11 is 0. The molecule has 0 fully saturated rings. The highest BCUT2D eigenvalue weighted by atomic mass is 16.3. The molecule has 0 unspecified atom stereocenters. The molecule has 0 aliphatic rings. The average Bonchev–Trinajstić information content (AvgIpc) is 3.28. The number of nitrogens with zero attached hydrogens (tertiary/aromatic N) is 1. The molecule has 3 aromatic rings. The van der Waals surface area contributed by atoms with E-state index >= 15 is 0 Å². The van der Waals surface area contributed by atoms with E-state index in [4.69, 9.17) is 4.42 Å². The topological polar surface area (TPSA) is 83.7 Å². The van der Waals surface area contributed by atoms with Crippen LogP contribution in [0.25, 0.3) is 11.1 Å². The van der Waals surface area contributed by atoms with Gasteiger partial charge in [0.2, 0.25) is 0 Å². The summed E-state index contributed by atoms with van der Waals surface area (Å²) in [5.41, 5.74) is 6.43. The van der Waals surface area contributed by atoms with E-state index < -0.39 is 11.8 Å². The van der Waals surface area contributed by atoms with Gasteiger partial charge in [-0.3, -0.25) is 9.59 Å². The van der Waals surface area contributed by atoms with Gasteiger partial charge < -0.3 is 9.73 Å². The van der Waals surface area contributed by atoms with Gasteiger partial charge in [0, 0.05) is 0 Å². The number of furan rings is 1. The van der Waals surface area contributed by atoms with E-state index in [9.17, 15) is 9.59 Å². The van der Waals surface area contributed by atoms with Gasteiger partial charge in [-0.05, 0) is 35.2 Å². The van der Waals surface area contributed by atoms with E-state index in [-0.39, 0.29) is 12.3 Å². The van der Waals surface area contributed by atoms with Crippen molar-refractivity contribution < 1.29 is 14.0 Å². The van der Waals surface area contributed by atoms with E-state index in [1.165, 1.54) is 12.3 Å². The highest BCUT2D eigenvalue weighted by Gasteiger charge is 2.10. The van der Waals surface area contributed by atoms with Crippen molar-refractivity contribution in [3.63, 3.8) is 0 Å². The standard InChI is InChI=1S/C22H21N3O3/c1-2-19(18-12-10-17(11-13-18)16-7-4-3-5-8-16)24-25-21(26)15-23-22(27)20-9-6-14-28-20/h3-14H,2,15H2,1H3,(H,23,27)(H,25,26)/b24-19-. The number of carbonyl (C=O) groups excluding carboxylic acids is 2. The summed E-state index contributed by atoms with van der Waals surface area (Å²) in [6, 6.07) is 21.3. The van der Waals surface area contributed by atoms with Crippen LogP contribution in [0.5, 0.6) is 0 Å². The first-order chi connectivity index (χ1) is 13.7. The molecule has 0 aliphatic heterocycles. The van der Waals surface area contributed by atoms with Crippen LogP contribution in [0.1, 0.15) is 29.5 Å². The molecule has 6 nitrogen and oxygen atoms in total. The van der Waals surface area contributed by atoms with Crippen LogP contribution in [0.4, 0.5) is 0 Å². The lowest BCUT2D eigenvalue weighted by molar-refractivity contribution is -0.120. The van der Waals surface area contributed by atoms with E-state index in [1.807, 2.05) is 49.4 Å². The Morgan fingerprint density at radius 2 is 1.64 bits per heavy atom. The molecule has 0 spiro atoms. The molecule has 0 saturated heterocycles. The maximum atomic E-state index is 11.9. The van der Waals surface area contributed by atoms with E-state index in [1.54, 1.807) is 6.07 Å². The molecule has 1 aromatic heterocycles. The molecular weight excluding hydrogens is 354 g/mol. The molecule has 0 bridgehead atoms. The normalized spacial score (nSPS) is 11.1. The van der Waals surface area contributed by atoms with Crippen LogP contribution in [0.15, 0.2) is 82.5 Å². The van der Waals surface area contributed by atoms with Crippen LogP contribution in [0.2, 0.25) is 0 Å². The van der Waals surface area contributed by atoms with Crippen LogP contribution in [-0.2, 0) is 4.79 Å². The van der Waals surface area contributed by atoms with E-state index in [0.717, 1.165) is 22.4 Å². The van der Waals surface area contributed by atoms with Gasteiger partial charge in [0.05, 0.1) is 18.5 Å². The second kappa shape index (κ2) is 9.32. The lowest BCUT2D eigenvalue weighted by Crippen LogP contribution is -2.35. The summed E-state index contributed by atoms with van der Waals surface area (Å²) in [6.45, 7) is 1.78. The van der Waals surface area contributed by atoms with Gasteiger partial charge in [0.15, 0.2) is 5.76 Å². The van der Waals surface area contributed by atoms with Crippen molar-refractivity contribution in [2.45, 2.75) is 13.3 Å². The fourth-order valence-electron chi connectivity index (χ4n) is 2.66. The molecule has 0 radical (unpaired) electrons. The number of carbonyl (C=O) groups is 2. The lowest BCUT2D eigenvalue weighted by atomic mass is 10.0. The summed E-state index contributed by atoms with van der Waals surface area (Å²) in [5.74, 6) is -0.702. The summed E-state index contributed by atoms with van der Waals surface area (Å²) < 4.78 is 4.97. The maximum absolute atomic E-state index is 11.9. The summed E-state index contributed by atoms with van der Waals surface area (Å²) in [7, 11) is 0. The van der Waals surface area contributed by atoms with E-state index in [2.05, 4.69) is 28.0 Å². The van der Waals surface area contributed by atoms with Crippen molar-refractivity contribution in [1.29, 1.82) is 0 Å². The first-order valence-corrected chi connectivity index (χ1v) is 9.00. The Labute approximate surface area is 163 Å². The Balaban J connectivity index is 1.58. The zero-order valence-corrected chi connectivity index (χ0v) is 15.5. The third-order valence-corrected chi connectivity index (χ3v) is 4.13. The van der Waals surface area contributed by atoms with Crippen LogP contribution in [-0.4, -0.2) is 24.1 Å². The van der Waals surface area contributed by atoms with Crippen LogP contribution in [0, 0.1) is 0 Å². The molecule has 2 amide bonds. The third kappa shape index (κ3) is 4.94. The fraction of sp³-hybridized carbons (Fsp3) is 0.136. The molecule has 6 heteroatoms. The van der Waals surface area contributed by atoms with Crippen molar-refractivity contribution in [2.24, 2.45) is 5.10 Å². The van der Waals surface area contributed by atoms with Crippen LogP contribution >= 0.6 is 0 Å². The molecule has 28 heavy (non-hydrogen) atoms. The Kier molecular flexibility index (Phi) is 6.36. The van der Waals surface area contributed by atoms with Crippen molar-refractivity contribution in [3.05, 3.63) is 84.3 Å². The second-order valence-corrected chi connectivity index (χ2v) is 6.05. The maximum Gasteiger partial charge on any atom is 0.287 e. The van der Waals surface area contributed by atoms with E-state index in [0.29, 0.717) is 6.42 Å². The van der Waals surface area contributed by atoms with Gasteiger partial charge in [-0.15, -0.1) is 0 Å². The minimum atomic E-state index is -0.448. The number of amides is 2. The number of rotatable bonds is 7. The van der Waals surface area contributed by atoms with Gasteiger partial charge in [-0.1, -0.05) is 61.5 Å². The van der Waals surface area contributed by atoms with Gasteiger partial charge in [0.1, 0.15) is 0 Å². The Morgan fingerprint density at radius 1 is 0.929 bits per heavy atom. The number of nitrogens with one attached hydrogen (secondary N) is 2. The first-order valence-electron chi connectivity index (χ1n) is 9.00. The predicted molar refractivity (Wildman–Crippen MR) is 108 cm³/mol. The number of benzene rings is 2. The van der Waals surface area contributed by atoms with Crippen molar-refractivity contribution in [1.82, 2.24) is 10.7 Å². The Morgan fingerprint density at radius 3 is 2.29 bits per heavy atom. The molecular formula is C22H21N3O3. The van der Waals surface area contributed by atoms with Gasteiger partial charge in [-0.2, -0.15) is 5.10 Å². The zero-order valence-electron chi connectivity index (χ0n) is 15.5. The molecule has 142 valence electrons. The summed E-state index contributed by atoms with van der Waals surface area (Å²) in [5, 5.41) is 6.68. The smallest absolute Gasteiger partial charge is 0.287 e. The van der Waals surface area contributed by atoms with Gasteiger partial charge in [-0.25, -0.2) is 5.43 Å². The summed E-state index contributed by atoms with van der Waals surface area (Å²) in [6.07, 6.45) is 2.06. The molecule has 0 atom stereocenters. The van der Waals surface area contributed by atoms with Crippen LogP contribution in [0.3, 0.4) is 0 Å². The van der Waals surface area contributed by atoms with Crippen LogP contribution < -0.4 is 10.7 Å². The van der Waals surface area contributed by atoms with Gasteiger partial charge >= 0.3 is 0 Å². The quantitative estimate of drug-likeness (QED) is 0.489. The summed E-state index contributed by atoms with van der Waals surface area (Å²) in [4.78, 5) is 23.7. The minimum absolute atomic E-state index is 0.157. The SMILES string of the molecule is CC/C(=N/NC(=O)CNC(=O)c1ccco1)c1ccc(-c2ccccc2)cc1. The fourth-order valence-corrected chi connectivity index (χ4v) is 2.66. The van der Waals surface area contributed by atoms with Crippen molar-refractivity contribution >= 4 is 17.5 Å². The molecule has 2 aromatic carbocycles. The number of hydrogen-bond donors (Lipinski definition) is 2. The minimum Gasteiger partial charge on any atom is -0.459 e. The van der Waals surface area contributed by atoms with Crippen molar-refractivity contribution in [3.8, 4) is 11.1 Å². The molecule has 2 N–H and O–H groups in total. The highest BCUT2D eigenvalue weighted by molar-refractivity contribution is 6.01. The number of hydrogen-bond acceptors (Lipinski definition) is 4. The first kappa shape index (κ1) is 19.1. The average molecular weight is 375 g/mol. The molecule has 0 aliphatic carbocycles. The van der Waals surface area contributed by atoms with Crippen molar-refractivity contribution in [2.75, 3.05) is 6.54 Å². The molecule has 0 saturated carbocycles. The largest absolute Gasteiger partial charge is 0.459 e. The number of hydrazone groups is 1. The molecule has 1 heterocycles. The highest BCUT2D eigenvalue weighted by Crippen LogP contribution is 2.19. The molecule has 3 rings (SSSR count).